The summed E-state index contributed by atoms with van der Waals surface area (Å²) in [6, 6.07) is 0. The van der Waals surface area contributed by atoms with E-state index < -0.39 is 111 Å². The quantitative estimate of drug-likeness (QED) is 0.152. The minimum Gasteiger partial charge on any atom is -0.458 e. The first kappa shape index (κ1) is 26.8. The zero-order valence-electron chi connectivity index (χ0n) is 24.3. The van der Waals surface area contributed by atoms with Gasteiger partial charge in [0.1, 0.15) is 24.4 Å². The van der Waals surface area contributed by atoms with Crippen molar-refractivity contribution in [3.63, 3.8) is 0 Å². The van der Waals surface area contributed by atoms with E-state index >= 15 is 0 Å². The molecule has 0 aromatic carbocycles. The van der Waals surface area contributed by atoms with Crippen LogP contribution < -0.4 is 0 Å². The minimum absolute atomic E-state index is 0.189. The van der Waals surface area contributed by atoms with Crippen LogP contribution in [0.3, 0.4) is 0 Å². The van der Waals surface area contributed by atoms with Crippen LogP contribution in [0.25, 0.3) is 0 Å². The van der Waals surface area contributed by atoms with E-state index in [1.54, 1.807) is 27.7 Å². The highest BCUT2D eigenvalue weighted by molar-refractivity contribution is 5.92. The van der Waals surface area contributed by atoms with Crippen molar-refractivity contribution in [1.82, 2.24) is 0 Å². The fraction of sp³-hybridized carbons (Fsp3) is 0.800. The van der Waals surface area contributed by atoms with E-state index in [2.05, 4.69) is 6.58 Å². The van der Waals surface area contributed by atoms with Crippen LogP contribution in [0.2, 0.25) is 0 Å². The number of carbonyl (C=O) groups excluding carboxylic acids is 4. The third kappa shape index (κ3) is 2.29. The van der Waals surface area contributed by atoms with Gasteiger partial charge in [-0.15, -0.1) is 0 Å². The van der Waals surface area contributed by atoms with Gasteiger partial charge in [-0.3, -0.25) is 9.59 Å². The first-order valence-corrected chi connectivity index (χ1v) is 14.9. The normalized spacial score (nSPS) is 61.3. The van der Waals surface area contributed by atoms with E-state index in [0.717, 1.165) is 5.57 Å². The molecule has 0 radical (unpaired) electrons. The van der Waals surface area contributed by atoms with Crippen molar-refractivity contribution in [3.05, 3.63) is 12.2 Å². The monoisotopic (exact) mass is 602 g/mol. The van der Waals surface area contributed by atoms with Gasteiger partial charge in [-0.25, -0.2) is 9.59 Å². The predicted octanol–water partition coefficient (Wildman–Crippen LogP) is -0.929. The van der Waals surface area contributed by atoms with E-state index in [1.807, 2.05) is 6.92 Å². The smallest absolute Gasteiger partial charge is 0.342 e. The van der Waals surface area contributed by atoms with Gasteiger partial charge in [-0.1, -0.05) is 12.2 Å². The summed E-state index contributed by atoms with van der Waals surface area (Å²) in [6.07, 6.45) is -3.12. The first-order valence-electron chi connectivity index (χ1n) is 14.9. The van der Waals surface area contributed by atoms with Crippen LogP contribution in [0.1, 0.15) is 47.5 Å². The number of fused-ring (bicyclic) bond motifs is 8. The molecule has 13 nitrogen and oxygen atoms in total. The highest BCUT2D eigenvalue weighted by Crippen LogP contribution is 2.78. The topological polar surface area (TPSA) is 191 Å². The Kier molecular flexibility index (Phi) is 4.24. The van der Waals surface area contributed by atoms with Crippen molar-refractivity contribution in [3.8, 4) is 0 Å². The van der Waals surface area contributed by atoms with Gasteiger partial charge in [0.15, 0.2) is 12.2 Å². The van der Waals surface area contributed by atoms with E-state index in [4.69, 9.17) is 28.4 Å². The number of hydrogen-bond donors (Lipinski definition) is 3. The molecule has 16 atom stereocenters. The first-order chi connectivity index (χ1) is 19.9. The molecule has 10 fully saturated rings. The summed E-state index contributed by atoms with van der Waals surface area (Å²) in [7, 11) is 0. The lowest BCUT2D eigenvalue weighted by Gasteiger charge is -2.53. The molecule has 4 saturated carbocycles. The van der Waals surface area contributed by atoms with E-state index in [-0.39, 0.29) is 24.9 Å². The number of ether oxygens (including phenoxy) is 6. The van der Waals surface area contributed by atoms with Gasteiger partial charge >= 0.3 is 23.9 Å². The molecule has 13 heteroatoms. The molecule has 10 rings (SSSR count). The van der Waals surface area contributed by atoms with Crippen molar-refractivity contribution in [2.45, 2.75) is 112 Å². The summed E-state index contributed by atoms with van der Waals surface area (Å²) >= 11 is 0. The highest BCUT2D eigenvalue weighted by Gasteiger charge is 2.97. The fourth-order valence-corrected chi connectivity index (χ4v) is 11.4. The number of esters is 4. The summed E-state index contributed by atoms with van der Waals surface area (Å²) in [5.41, 5.74) is -7.49. The van der Waals surface area contributed by atoms with Gasteiger partial charge < -0.3 is 43.7 Å². The van der Waals surface area contributed by atoms with Crippen molar-refractivity contribution in [2.24, 2.45) is 34.5 Å². The van der Waals surface area contributed by atoms with Crippen LogP contribution in [0.15, 0.2) is 12.2 Å². The molecule has 0 aromatic heterocycles. The molecule has 232 valence electrons. The van der Waals surface area contributed by atoms with E-state index in [9.17, 15) is 34.5 Å². The molecule has 43 heavy (non-hydrogen) atoms. The molecule has 0 aromatic rings. The summed E-state index contributed by atoms with van der Waals surface area (Å²) in [5, 5.41) is 33.3. The second kappa shape index (κ2) is 6.81. The maximum atomic E-state index is 12.4. The lowest BCUT2D eigenvalue weighted by molar-refractivity contribution is -0.223. The minimum atomic E-state index is -1.47. The number of hydrogen-bond acceptors (Lipinski definition) is 13. The molecular weight excluding hydrogens is 568 g/mol. The molecule has 3 N–H and O–H groups in total. The number of rotatable bonds is 2. The van der Waals surface area contributed by atoms with Gasteiger partial charge in [-0.05, 0) is 34.6 Å². The summed E-state index contributed by atoms with van der Waals surface area (Å²) < 4.78 is 33.2. The average Bonchev–Trinajstić information content (AvgIpc) is 3.58. The Morgan fingerprint density at radius 3 is 1.72 bits per heavy atom. The van der Waals surface area contributed by atoms with Crippen molar-refractivity contribution in [1.29, 1.82) is 0 Å². The van der Waals surface area contributed by atoms with Crippen LogP contribution in [-0.2, 0) is 47.6 Å². The highest BCUT2D eigenvalue weighted by atomic mass is 16.7. The molecule has 6 saturated heterocycles. The second-order valence-corrected chi connectivity index (χ2v) is 15.3. The summed E-state index contributed by atoms with van der Waals surface area (Å²) in [5.74, 6) is -4.37. The fourth-order valence-electron chi connectivity index (χ4n) is 11.4. The zero-order valence-corrected chi connectivity index (χ0v) is 24.3. The van der Waals surface area contributed by atoms with Crippen molar-refractivity contribution < 1.29 is 62.9 Å². The van der Waals surface area contributed by atoms with Gasteiger partial charge in [0, 0.05) is 24.7 Å². The van der Waals surface area contributed by atoms with Crippen molar-refractivity contribution in [2.75, 3.05) is 0 Å². The Labute approximate surface area is 245 Å². The van der Waals surface area contributed by atoms with Crippen LogP contribution in [0, 0.1) is 34.5 Å². The van der Waals surface area contributed by atoms with Gasteiger partial charge in [0.25, 0.3) is 0 Å². The van der Waals surface area contributed by atoms with Crippen LogP contribution in [0.5, 0.6) is 0 Å². The number of carbonyl (C=O) groups is 4. The Hall–Kier alpha value is -2.58. The summed E-state index contributed by atoms with van der Waals surface area (Å²) in [6.45, 7) is 12.5. The van der Waals surface area contributed by atoms with Crippen LogP contribution in [-0.4, -0.2) is 104 Å². The largest absolute Gasteiger partial charge is 0.458 e. The van der Waals surface area contributed by atoms with Gasteiger partial charge in [0.05, 0.1) is 39.5 Å². The Morgan fingerprint density at radius 1 is 0.791 bits per heavy atom. The Morgan fingerprint density at radius 2 is 1.23 bits per heavy atom. The lowest BCUT2D eigenvalue weighted by Crippen LogP contribution is -2.68. The Balaban J connectivity index is 0.000000121. The molecule has 10 aliphatic rings. The molecule has 10 unspecified atom stereocenters. The molecule has 6 heterocycles. The molecule has 4 aliphatic carbocycles. The van der Waals surface area contributed by atoms with Gasteiger partial charge in [0.2, 0.25) is 11.2 Å². The third-order valence-corrected chi connectivity index (χ3v) is 13.4. The molecule has 6 aliphatic heterocycles. The molecule has 4 bridgehead atoms. The molecule has 2 spiro atoms. The average molecular weight is 603 g/mol. The predicted molar refractivity (Wildman–Crippen MR) is 135 cm³/mol. The van der Waals surface area contributed by atoms with Gasteiger partial charge in [-0.2, -0.15) is 0 Å². The van der Waals surface area contributed by atoms with E-state index in [0.29, 0.717) is 0 Å². The maximum absolute atomic E-state index is 12.4. The number of aliphatic hydroxyl groups is 3. The standard InChI is InChI=1S/C15H18O7.C15H16O6/c1-12(2,18)6-7-10(16)20-8(6)9-13(3)14(7,19)4-5-15(13,22-5)11(17)21-9;1-5(2)7-8-11(16)19-9(7)10-13(3)14(8,18)4-6-15(13,21-6)12(17)20-10/h5-9,18-19H,4H2,1-3H3;6-10,18H,1,4H2,2-3H3/t5?,6?,7?,8?,9?,13-,14-,15+;6?,7?,8?,9?,10?,13-,14-,15+/m11/s1. The third-order valence-electron chi connectivity index (χ3n) is 13.4. The lowest BCUT2D eigenvalue weighted by atomic mass is 9.52. The van der Waals surface area contributed by atoms with E-state index in [1.165, 1.54) is 0 Å². The SMILES string of the molecule is C=C(C)C1C2OC(=O)C1[C@]1(O)CC3O[C@]34C(=O)OC2[C@]14C.CC(C)(O)C1C2OC(=O)C1[C@]1(O)CC3O[C@]34C(=O)OC2[C@]14C. The number of epoxide rings is 2. The molecule has 0 amide bonds. The maximum Gasteiger partial charge on any atom is 0.342 e. The van der Waals surface area contributed by atoms with Crippen molar-refractivity contribution >= 4 is 23.9 Å². The zero-order chi connectivity index (χ0) is 30.8. The van der Waals surface area contributed by atoms with Crippen LogP contribution in [0.4, 0.5) is 0 Å². The van der Waals surface area contributed by atoms with Crippen LogP contribution >= 0.6 is 0 Å². The summed E-state index contributed by atoms with van der Waals surface area (Å²) in [4.78, 5) is 49.4. The Bertz CT molecular complexity index is 1500. The molecular formula is C30H34O13. The second-order valence-electron chi connectivity index (χ2n) is 15.3.